The molecule has 2 aromatic rings. The molecule has 1 saturated heterocycles. The fourth-order valence-corrected chi connectivity index (χ4v) is 4.09. The fraction of sp³-hybridized carbons (Fsp3) is 0.412. The van der Waals surface area contributed by atoms with Gasteiger partial charge in [0.05, 0.1) is 25.8 Å². The minimum absolute atomic E-state index is 0.0594. The van der Waals surface area contributed by atoms with E-state index in [4.69, 9.17) is 4.74 Å². The average Bonchev–Trinajstić information content (AvgIpc) is 3.34. The molecule has 0 saturated carbocycles. The van der Waals surface area contributed by atoms with Gasteiger partial charge < -0.3 is 15.4 Å². The molecule has 0 unspecified atom stereocenters. The first-order valence-electron chi connectivity index (χ1n) is 8.16. The first kappa shape index (κ1) is 18.1. The van der Waals surface area contributed by atoms with Crippen LogP contribution in [0, 0.1) is 0 Å². The Morgan fingerprint density at radius 2 is 1.96 bits per heavy atom. The van der Waals surface area contributed by atoms with Gasteiger partial charge in [0.15, 0.2) is 0 Å². The topological polar surface area (TPSA) is 70.7 Å². The molecule has 0 aliphatic carbocycles. The Bertz CT molecular complexity index is 667. The normalized spacial score (nSPS) is 16.3. The van der Waals surface area contributed by atoms with E-state index in [0.717, 1.165) is 23.5 Å². The van der Waals surface area contributed by atoms with Gasteiger partial charge in [-0.25, -0.2) is 0 Å². The summed E-state index contributed by atoms with van der Waals surface area (Å²) in [4.78, 5) is 27.4. The molecule has 1 aliphatic rings. The molecule has 2 N–H and O–H groups in total. The molecule has 25 heavy (non-hydrogen) atoms. The maximum absolute atomic E-state index is 12.1. The highest BCUT2D eigenvalue weighted by molar-refractivity contribution is 7.09. The van der Waals surface area contributed by atoms with Crippen LogP contribution in [0.4, 0.5) is 0 Å². The summed E-state index contributed by atoms with van der Waals surface area (Å²) in [6.07, 6.45) is 0. The van der Waals surface area contributed by atoms with Crippen LogP contribution >= 0.6 is 22.7 Å². The first-order chi connectivity index (χ1) is 12.2. The van der Waals surface area contributed by atoms with Crippen molar-refractivity contribution in [3.05, 3.63) is 44.8 Å². The molecule has 2 aromatic heterocycles. The predicted molar refractivity (Wildman–Crippen MR) is 98.6 cm³/mol. The van der Waals surface area contributed by atoms with Crippen molar-refractivity contribution in [3.8, 4) is 0 Å². The Labute approximate surface area is 154 Å². The second-order valence-corrected chi connectivity index (χ2v) is 7.51. The third-order valence-electron chi connectivity index (χ3n) is 4.08. The number of carbonyl (C=O) groups is 2. The van der Waals surface area contributed by atoms with Gasteiger partial charge in [0.25, 0.3) is 0 Å². The molecule has 0 radical (unpaired) electrons. The van der Waals surface area contributed by atoms with Crippen molar-refractivity contribution in [1.29, 1.82) is 0 Å². The zero-order chi connectivity index (χ0) is 17.5. The first-order valence-corrected chi connectivity index (χ1v) is 9.98. The number of amides is 2. The maximum atomic E-state index is 12.1. The molecule has 1 atom stereocenters. The quantitative estimate of drug-likeness (QED) is 0.748. The summed E-state index contributed by atoms with van der Waals surface area (Å²) in [5, 5.41) is 11.5. The van der Waals surface area contributed by atoms with Crippen molar-refractivity contribution in [1.82, 2.24) is 15.5 Å². The Hall–Kier alpha value is -1.74. The number of rotatable bonds is 6. The smallest absolute Gasteiger partial charge is 0.309 e. The predicted octanol–water partition coefficient (Wildman–Crippen LogP) is 1.62. The average molecular weight is 380 g/mol. The van der Waals surface area contributed by atoms with Gasteiger partial charge in [0.1, 0.15) is 0 Å². The van der Waals surface area contributed by atoms with Crippen LogP contribution in [0.15, 0.2) is 34.3 Å². The number of nitrogens with zero attached hydrogens (tertiary/aromatic N) is 1. The van der Waals surface area contributed by atoms with Gasteiger partial charge in [-0.05, 0) is 33.8 Å². The Morgan fingerprint density at radius 3 is 2.64 bits per heavy atom. The molecule has 2 amide bonds. The van der Waals surface area contributed by atoms with Gasteiger partial charge in [-0.15, -0.1) is 11.3 Å². The van der Waals surface area contributed by atoms with Gasteiger partial charge in [-0.2, -0.15) is 11.3 Å². The SMILES string of the molecule is O=C(NCc1cccs1)C(=O)NC[C@H](c1ccsc1)N1CCOCC1. The van der Waals surface area contributed by atoms with Crippen molar-refractivity contribution in [2.24, 2.45) is 0 Å². The Kier molecular flexibility index (Phi) is 6.57. The lowest BCUT2D eigenvalue weighted by atomic mass is 10.1. The summed E-state index contributed by atoms with van der Waals surface area (Å²) in [5.74, 6) is -1.19. The highest BCUT2D eigenvalue weighted by Gasteiger charge is 2.24. The maximum Gasteiger partial charge on any atom is 0.309 e. The molecular formula is C17H21N3O3S2. The van der Waals surface area contributed by atoms with Gasteiger partial charge >= 0.3 is 11.8 Å². The van der Waals surface area contributed by atoms with Crippen LogP contribution in [0.1, 0.15) is 16.5 Å². The van der Waals surface area contributed by atoms with E-state index in [2.05, 4.69) is 27.0 Å². The third-order valence-corrected chi connectivity index (χ3v) is 5.66. The Morgan fingerprint density at radius 1 is 1.16 bits per heavy atom. The van der Waals surface area contributed by atoms with Crippen molar-refractivity contribution in [2.75, 3.05) is 32.8 Å². The van der Waals surface area contributed by atoms with Gasteiger partial charge in [0.2, 0.25) is 0 Å². The zero-order valence-corrected chi connectivity index (χ0v) is 15.4. The summed E-state index contributed by atoms with van der Waals surface area (Å²) in [5.41, 5.74) is 1.16. The fourth-order valence-electron chi connectivity index (χ4n) is 2.74. The minimum atomic E-state index is -0.598. The summed E-state index contributed by atoms with van der Waals surface area (Å²) in [6.45, 7) is 3.80. The van der Waals surface area contributed by atoms with E-state index in [1.807, 2.05) is 22.9 Å². The molecule has 0 bridgehead atoms. The number of hydrogen-bond donors (Lipinski definition) is 2. The molecule has 1 aliphatic heterocycles. The lowest BCUT2D eigenvalue weighted by molar-refractivity contribution is -0.139. The third kappa shape index (κ3) is 5.12. The van der Waals surface area contributed by atoms with Gasteiger partial charge in [-0.3, -0.25) is 14.5 Å². The molecule has 6 nitrogen and oxygen atoms in total. The van der Waals surface area contributed by atoms with Crippen LogP contribution in [-0.2, 0) is 20.9 Å². The van der Waals surface area contributed by atoms with E-state index in [9.17, 15) is 9.59 Å². The van der Waals surface area contributed by atoms with Crippen molar-refractivity contribution < 1.29 is 14.3 Å². The zero-order valence-electron chi connectivity index (χ0n) is 13.8. The van der Waals surface area contributed by atoms with Crippen molar-refractivity contribution in [2.45, 2.75) is 12.6 Å². The largest absolute Gasteiger partial charge is 0.379 e. The number of nitrogens with one attached hydrogen (secondary N) is 2. The molecule has 8 heteroatoms. The summed E-state index contributed by atoms with van der Waals surface area (Å²) >= 11 is 3.18. The van der Waals surface area contributed by atoms with Crippen LogP contribution in [0.3, 0.4) is 0 Å². The number of thiophene rings is 2. The van der Waals surface area contributed by atoms with Crippen molar-refractivity contribution in [3.63, 3.8) is 0 Å². The summed E-state index contributed by atoms with van der Waals surface area (Å²) in [6, 6.07) is 5.96. The second-order valence-electron chi connectivity index (χ2n) is 5.69. The molecule has 3 rings (SSSR count). The molecule has 134 valence electrons. The van der Waals surface area contributed by atoms with E-state index < -0.39 is 11.8 Å². The summed E-state index contributed by atoms with van der Waals surface area (Å²) in [7, 11) is 0. The second kappa shape index (κ2) is 9.10. The van der Waals surface area contributed by atoms with Crippen LogP contribution in [-0.4, -0.2) is 49.6 Å². The lowest BCUT2D eigenvalue weighted by Gasteiger charge is -2.34. The number of hydrogen-bond acceptors (Lipinski definition) is 6. The van der Waals surface area contributed by atoms with E-state index in [1.54, 1.807) is 22.7 Å². The van der Waals surface area contributed by atoms with Crippen LogP contribution in [0.2, 0.25) is 0 Å². The number of morpholine rings is 1. The molecule has 3 heterocycles. The molecular weight excluding hydrogens is 358 g/mol. The van der Waals surface area contributed by atoms with Crippen LogP contribution in [0.5, 0.6) is 0 Å². The van der Waals surface area contributed by atoms with Gasteiger partial charge in [0, 0.05) is 24.5 Å². The number of ether oxygens (including phenoxy) is 1. The molecule has 0 aromatic carbocycles. The monoisotopic (exact) mass is 379 g/mol. The number of carbonyl (C=O) groups excluding carboxylic acids is 2. The summed E-state index contributed by atoms with van der Waals surface area (Å²) < 4.78 is 5.41. The molecule has 0 spiro atoms. The van der Waals surface area contributed by atoms with E-state index in [-0.39, 0.29) is 6.04 Å². The Balaban J connectivity index is 1.52. The highest BCUT2D eigenvalue weighted by Crippen LogP contribution is 2.23. The van der Waals surface area contributed by atoms with Crippen LogP contribution in [0.25, 0.3) is 0 Å². The van der Waals surface area contributed by atoms with E-state index in [0.29, 0.717) is 26.3 Å². The molecule has 1 fully saturated rings. The van der Waals surface area contributed by atoms with Crippen LogP contribution < -0.4 is 10.6 Å². The minimum Gasteiger partial charge on any atom is -0.379 e. The standard InChI is InChI=1S/C17H21N3O3S2/c21-16(18-10-14-2-1-8-25-14)17(22)19-11-15(13-3-9-24-12-13)20-4-6-23-7-5-20/h1-3,8-9,12,15H,4-7,10-11H2,(H,18,21)(H,19,22)/t15-/m1/s1. The van der Waals surface area contributed by atoms with E-state index >= 15 is 0 Å². The van der Waals surface area contributed by atoms with Crippen molar-refractivity contribution >= 4 is 34.5 Å². The van der Waals surface area contributed by atoms with E-state index in [1.165, 1.54) is 0 Å². The van der Waals surface area contributed by atoms with Gasteiger partial charge in [-0.1, -0.05) is 6.07 Å². The highest BCUT2D eigenvalue weighted by atomic mass is 32.1. The lowest BCUT2D eigenvalue weighted by Crippen LogP contribution is -2.46.